The Kier molecular flexibility index (Phi) is 6.21. The maximum atomic E-state index is 10.9. The molecule has 0 heterocycles. The number of ether oxygens (including phenoxy) is 1. The smallest absolute Gasteiger partial charge is 0.327 e. The molecule has 12 heavy (non-hydrogen) atoms. The minimum Gasteiger partial charge on any atom is -0.465 e. The summed E-state index contributed by atoms with van der Waals surface area (Å²) in [6.45, 7) is 3.86. The molecule has 0 aliphatic heterocycles. The van der Waals surface area contributed by atoms with Gasteiger partial charge < -0.3 is 4.74 Å². The summed E-state index contributed by atoms with van der Waals surface area (Å²) in [7, 11) is 0. The number of alkyl halides is 2. The summed E-state index contributed by atoms with van der Waals surface area (Å²) >= 11 is 11.2. The van der Waals surface area contributed by atoms with Crippen LogP contribution in [0.4, 0.5) is 0 Å². The number of allylic oxidation sites excluding steroid dienone is 1. The summed E-state index contributed by atoms with van der Waals surface area (Å²) in [5.41, 5.74) is 0. The maximum Gasteiger partial charge on any atom is 0.327 e. The van der Waals surface area contributed by atoms with E-state index in [0.717, 1.165) is 0 Å². The van der Waals surface area contributed by atoms with Crippen LogP contribution in [0.25, 0.3) is 0 Å². The SMILES string of the molecule is CCOC(=O)C(Cl)C=CC(C)Cl. The van der Waals surface area contributed by atoms with E-state index < -0.39 is 11.3 Å². The summed E-state index contributed by atoms with van der Waals surface area (Å²) in [5, 5.41) is -0.855. The van der Waals surface area contributed by atoms with Gasteiger partial charge in [0.1, 0.15) is 5.38 Å². The number of carbonyl (C=O) groups excluding carboxylic acids is 1. The first-order valence-corrected chi connectivity index (χ1v) is 4.58. The number of hydrogen-bond donors (Lipinski definition) is 0. The molecule has 0 aromatic rings. The molecule has 0 saturated carbocycles. The molecule has 2 atom stereocenters. The Balaban J connectivity index is 3.86. The third kappa shape index (κ3) is 5.44. The first kappa shape index (κ1) is 11.8. The van der Waals surface area contributed by atoms with E-state index >= 15 is 0 Å². The van der Waals surface area contributed by atoms with E-state index in [9.17, 15) is 4.79 Å². The second-order valence-corrected chi connectivity index (χ2v) is 3.37. The molecule has 0 aliphatic rings. The summed E-state index contributed by atoms with van der Waals surface area (Å²) in [6.07, 6.45) is 3.17. The molecule has 0 aromatic heterocycles. The molecular formula is C8H12Cl2O2. The average molecular weight is 211 g/mol. The van der Waals surface area contributed by atoms with Crippen LogP contribution in [-0.2, 0) is 9.53 Å². The van der Waals surface area contributed by atoms with Gasteiger partial charge in [0, 0.05) is 5.38 Å². The van der Waals surface area contributed by atoms with Crippen LogP contribution in [0.15, 0.2) is 12.2 Å². The topological polar surface area (TPSA) is 26.3 Å². The highest BCUT2D eigenvalue weighted by atomic mass is 35.5. The minimum absolute atomic E-state index is 0.124. The van der Waals surface area contributed by atoms with Crippen LogP contribution in [0.5, 0.6) is 0 Å². The van der Waals surface area contributed by atoms with Crippen molar-refractivity contribution in [1.29, 1.82) is 0 Å². The van der Waals surface area contributed by atoms with Gasteiger partial charge in [0.15, 0.2) is 0 Å². The van der Waals surface area contributed by atoms with Crippen molar-refractivity contribution in [1.82, 2.24) is 0 Å². The van der Waals surface area contributed by atoms with Gasteiger partial charge in [-0.25, -0.2) is 0 Å². The lowest BCUT2D eigenvalue weighted by molar-refractivity contribution is -0.141. The normalized spacial score (nSPS) is 16.0. The van der Waals surface area contributed by atoms with Crippen molar-refractivity contribution in [2.45, 2.75) is 24.6 Å². The highest BCUT2D eigenvalue weighted by Gasteiger charge is 2.12. The predicted octanol–water partition coefficient (Wildman–Crippen LogP) is 2.34. The van der Waals surface area contributed by atoms with Crippen molar-refractivity contribution in [2.24, 2.45) is 0 Å². The summed E-state index contributed by atoms with van der Waals surface area (Å²) in [4.78, 5) is 10.9. The number of rotatable bonds is 4. The van der Waals surface area contributed by atoms with Crippen LogP contribution in [0.2, 0.25) is 0 Å². The zero-order valence-electron chi connectivity index (χ0n) is 7.09. The highest BCUT2D eigenvalue weighted by molar-refractivity contribution is 6.31. The van der Waals surface area contributed by atoms with Crippen LogP contribution in [0, 0.1) is 0 Å². The second-order valence-electron chi connectivity index (χ2n) is 2.22. The van der Waals surface area contributed by atoms with Crippen molar-refractivity contribution in [2.75, 3.05) is 6.61 Å². The van der Waals surface area contributed by atoms with E-state index in [2.05, 4.69) is 4.74 Å². The highest BCUT2D eigenvalue weighted by Crippen LogP contribution is 2.04. The van der Waals surface area contributed by atoms with Gasteiger partial charge in [-0.1, -0.05) is 12.2 Å². The molecule has 0 radical (unpaired) electrons. The van der Waals surface area contributed by atoms with Crippen LogP contribution in [0.3, 0.4) is 0 Å². The van der Waals surface area contributed by atoms with Gasteiger partial charge in [0.2, 0.25) is 0 Å². The van der Waals surface area contributed by atoms with Gasteiger partial charge in [-0.05, 0) is 13.8 Å². The van der Waals surface area contributed by atoms with E-state index in [1.807, 2.05) is 0 Å². The Morgan fingerprint density at radius 2 is 2.08 bits per heavy atom. The monoisotopic (exact) mass is 210 g/mol. The zero-order valence-corrected chi connectivity index (χ0v) is 8.60. The molecule has 70 valence electrons. The van der Waals surface area contributed by atoms with Crippen LogP contribution in [0.1, 0.15) is 13.8 Å². The van der Waals surface area contributed by atoms with Crippen LogP contribution in [-0.4, -0.2) is 23.3 Å². The minimum atomic E-state index is -0.730. The molecule has 0 N–H and O–H groups in total. The Labute approximate surface area is 82.5 Å². The molecule has 4 heteroatoms. The largest absolute Gasteiger partial charge is 0.465 e. The predicted molar refractivity (Wildman–Crippen MR) is 50.7 cm³/mol. The van der Waals surface area contributed by atoms with E-state index in [0.29, 0.717) is 6.61 Å². The Bertz CT molecular complexity index is 166. The zero-order chi connectivity index (χ0) is 9.56. The molecule has 0 rings (SSSR count). The Morgan fingerprint density at radius 1 is 1.50 bits per heavy atom. The van der Waals surface area contributed by atoms with E-state index in [1.54, 1.807) is 19.9 Å². The molecule has 2 nitrogen and oxygen atoms in total. The molecule has 0 amide bonds. The Hall–Kier alpha value is -0.210. The van der Waals surface area contributed by atoms with Gasteiger partial charge in [0.05, 0.1) is 6.61 Å². The van der Waals surface area contributed by atoms with E-state index in [-0.39, 0.29) is 5.38 Å². The quantitative estimate of drug-likeness (QED) is 0.405. The van der Waals surface area contributed by atoms with Gasteiger partial charge in [-0.2, -0.15) is 0 Å². The number of halogens is 2. The van der Waals surface area contributed by atoms with E-state index in [1.165, 1.54) is 6.08 Å². The second kappa shape index (κ2) is 6.32. The Morgan fingerprint density at radius 3 is 2.50 bits per heavy atom. The van der Waals surface area contributed by atoms with Crippen molar-refractivity contribution in [3.05, 3.63) is 12.2 Å². The standard InChI is InChI=1S/C8H12Cl2O2/c1-3-12-8(11)7(10)5-4-6(2)9/h4-7H,3H2,1-2H3. The fraction of sp³-hybridized carbons (Fsp3) is 0.625. The number of hydrogen-bond acceptors (Lipinski definition) is 2. The summed E-state index contributed by atoms with van der Waals surface area (Å²) < 4.78 is 4.67. The lowest BCUT2D eigenvalue weighted by Gasteiger charge is -2.03. The van der Waals surface area contributed by atoms with Crippen molar-refractivity contribution in [3.8, 4) is 0 Å². The van der Waals surface area contributed by atoms with Gasteiger partial charge >= 0.3 is 5.97 Å². The lowest BCUT2D eigenvalue weighted by Crippen LogP contribution is -2.15. The van der Waals surface area contributed by atoms with Crippen molar-refractivity contribution >= 4 is 29.2 Å². The molecule has 0 spiro atoms. The van der Waals surface area contributed by atoms with Crippen LogP contribution >= 0.6 is 23.2 Å². The average Bonchev–Trinajstić information content (AvgIpc) is 2.00. The van der Waals surface area contributed by atoms with Crippen molar-refractivity contribution in [3.63, 3.8) is 0 Å². The van der Waals surface area contributed by atoms with Gasteiger partial charge in [-0.15, -0.1) is 23.2 Å². The third-order valence-electron chi connectivity index (χ3n) is 1.06. The first-order valence-electron chi connectivity index (χ1n) is 3.71. The van der Waals surface area contributed by atoms with Gasteiger partial charge in [-0.3, -0.25) is 4.79 Å². The molecular weight excluding hydrogens is 199 g/mol. The van der Waals surface area contributed by atoms with Gasteiger partial charge in [0.25, 0.3) is 0 Å². The molecule has 0 saturated heterocycles. The summed E-state index contributed by atoms with van der Waals surface area (Å²) in [6, 6.07) is 0. The van der Waals surface area contributed by atoms with E-state index in [4.69, 9.17) is 23.2 Å². The maximum absolute atomic E-state index is 10.9. The van der Waals surface area contributed by atoms with Crippen LogP contribution < -0.4 is 0 Å². The molecule has 0 aromatic carbocycles. The van der Waals surface area contributed by atoms with Crippen molar-refractivity contribution < 1.29 is 9.53 Å². The first-order chi connectivity index (χ1) is 5.57. The molecule has 0 fully saturated rings. The number of carbonyl (C=O) groups is 1. The molecule has 0 aliphatic carbocycles. The summed E-state index contributed by atoms with van der Waals surface area (Å²) in [5.74, 6) is -0.437. The third-order valence-corrected chi connectivity index (χ3v) is 1.53. The number of esters is 1. The fourth-order valence-electron chi connectivity index (χ4n) is 0.551. The molecule has 0 bridgehead atoms. The lowest BCUT2D eigenvalue weighted by atomic mass is 10.3. The fourth-order valence-corrected chi connectivity index (χ4v) is 0.782. The molecule has 2 unspecified atom stereocenters.